The summed E-state index contributed by atoms with van der Waals surface area (Å²) >= 11 is 6.09. The van der Waals surface area contributed by atoms with E-state index in [9.17, 15) is 9.59 Å². The fourth-order valence-corrected chi connectivity index (χ4v) is 4.37. The van der Waals surface area contributed by atoms with Gasteiger partial charge in [-0.1, -0.05) is 35.9 Å². The maximum atomic E-state index is 13.2. The SMILES string of the molecule is O=C1c2ccccc2[C@@H](C=NCCC[NH+]2CCCC2)C(=O)N1c1cccc(Cl)c1. The Balaban J connectivity index is 1.55. The van der Waals surface area contributed by atoms with E-state index in [0.29, 0.717) is 22.8 Å². The smallest absolute Gasteiger partial charge is 0.265 e. The molecule has 1 N–H and O–H groups in total. The Morgan fingerprint density at radius 2 is 1.90 bits per heavy atom. The van der Waals surface area contributed by atoms with Crippen molar-refractivity contribution >= 4 is 35.3 Å². The summed E-state index contributed by atoms with van der Waals surface area (Å²) in [7, 11) is 0. The van der Waals surface area contributed by atoms with Crippen LogP contribution in [-0.2, 0) is 4.79 Å². The second-order valence-corrected chi connectivity index (χ2v) is 8.08. The number of hydrogen-bond acceptors (Lipinski definition) is 3. The van der Waals surface area contributed by atoms with Crippen LogP contribution in [0.4, 0.5) is 5.69 Å². The number of quaternary nitrogens is 1. The highest BCUT2D eigenvalue weighted by atomic mass is 35.5. The van der Waals surface area contributed by atoms with E-state index in [1.807, 2.05) is 18.2 Å². The molecule has 0 radical (unpaired) electrons. The van der Waals surface area contributed by atoms with E-state index >= 15 is 0 Å². The maximum absolute atomic E-state index is 13.2. The van der Waals surface area contributed by atoms with Crippen LogP contribution in [0.15, 0.2) is 53.5 Å². The second kappa shape index (κ2) is 8.89. The molecule has 2 aromatic carbocycles. The van der Waals surface area contributed by atoms with Crippen LogP contribution in [0.2, 0.25) is 5.02 Å². The molecule has 2 aromatic rings. The van der Waals surface area contributed by atoms with Crippen molar-refractivity contribution < 1.29 is 14.5 Å². The van der Waals surface area contributed by atoms with Crippen LogP contribution in [0.3, 0.4) is 0 Å². The molecule has 2 aliphatic rings. The maximum Gasteiger partial charge on any atom is 0.265 e. The number of amides is 2. The van der Waals surface area contributed by atoms with Gasteiger partial charge >= 0.3 is 0 Å². The van der Waals surface area contributed by atoms with Crippen LogP contribution in [0.25, 0.3) is 0 Å². The molecule has 0 bridgehead atoms. The van der Waals surface area contributed by atoms with Gasteiger partial charge in [-0.25, -0.2) is 4.90 Å². The van der Waals surface area contributed by atoms with E-state index in [-0.39, 0.29) is 11.8 Å². The topological polar surface area (TPSA) is 54.2 Å². The van der Waals surface area contributed by atoms with Gasteiger partial charge in [0.2, 0.25) is 5.91 Å². The number of rotatable bonds is 6. The number of carbonyl (C=O) groups excluding carboxylic acids is 2. The number of nitrogens with one attached hydrogen (secondary N) is 1. The number of benzene rings is 2. The molecule has 0 aliphatic carbocycles. The van der Waals surface area contributed by atoms with Crippen LogP contribution in [0, 0.1) is 0 Å². The molecule has 0 saturated carbocycles. The third-order valence-electron chi connectivity index (χ3n) is 5.66. The van der Waals surface area contributed by atoms with Gasteiger partial charge in [-0.3, -0.25) is 14.6 Å². The van der Waals surface area contributed by atoms with Gasteiger partial charge in [0.1, 0.15) is 0 Å². The number of imide groups is 1. The lowest BCUT2D eigenvalue weighted by Crippen LogP contribution is -3.10. The molecular formula is C23H25ClN3O2+. The number of likely N-dealkylation sites (tertiary alicyclic amines) is 1. The van der Waals surface area contributed by atoms with Gasteiger partial charge in [0.25, 0.3) is 5.91 Å². The summed E-state index contributed by atoms with van der Waals surface area (Å²) < 4.78 is 0. The first-order chi connectivity index (χ1) is 14.1. The van der Waals surface area contributed by atoms with Crippen molar-refractivity contribution in [3.8, 4) is 0 Å². The minimum Gasteiger partial charge on any atom is -0.335 e. The molecule has 2 heterocycles. The van der Waals surface area contributed by atoms with Gasteiger partial charge in [0, 0.05) is 42.6 Å². The molecule has 29 heavy (non-hydrogen) atoms. The van der Waals surface area contributed by atoms with Crippen LogP contribution in [-0.4, -0.2) is 44.2 Å². The quantitative estimate of drug-likeness (QED) is 0.452. The summed E-state index contributed by atoms with van der Waals surface area (Å²) in [6.07, 6.45) is 5.36. The normalized spacial score (nSPS) is 19.9. The molecular weight excluding hydrogens is 386 g/mol. The molecule has 1 atom stereocenters. The summed E-state index contributed by atoms with van der Waals surface area (Å²) in [6.45, 7) is 4.34. The van der Waals surface area contributed by atoms with Gasteiger partial charge in [-0.15, -0.1) is 0 Å². The Morgan fingerprint density at radius 1 is 1.10 bits per heavy atom. The lowest BCUT2D eigenvalue weighted by Gasteiger charge is -2.31. The predicted octanol–water partition coefficient (Wildman–Crippen LogP) is 2.75. The third kappa shape index (κ3) is 4.26. The molecule has 2 aliphatic heterocycles. The highest BCUT2D eigenvalue weighted by Crippen LogP contribution is 2.32. The van der Waals surface area contributed by atoms with Gasteiger partial charge in [0.05, 0.1) is 31.2 Å². The van der Waals surface area contributed by atoms with Crippen molar-refractivity contribution in [2.75, 3.05) is 31.1 Å². The summed E-state index contributed by atoms with van der Waals surface area (Å²) in [4.78, 5) is 33.7. The first kappa shape index (κ1) is 19.8. The third-order valence-corrected chi connectivity index (χ3v) is 5.90. The van der Waals surface area contributed by atoms with Crippen molar-refractivity contribution in [3.63, 3.8) is 0 Å². The molecule has 6 heteroatoms. The Kier molecular flexibility index (Phi) is 6.07. The van der Waals surface area contributed by atoms with E-state index < -0.39 is 5.92 Å². The number of anilines is 1. The highest BCUT2D eigenvalue weighted by Gasteiger charge is 2.38. The zero-order chi connectivity index (χ0) is 20.2. The van der Waals surface area contributed by atoms with E-state index in [4.69, 9.17) is 11.6 Å². The van der Waals surface area contributed by atoms with E-state index in [2.05, 4.69) is 4.99 Å². The molecule has 0 spiro atoms. The summed E-state index contributed by atoms with van der Waals surface area (Å²) in [5.41, 5.74) is 1.73. The minimum atomic E-state index is -0.568. The largest absolute Gasteiger partial charge is 0.335 e. The minimum absolute atomic E-state index is 0.287. The number of aliphatic imine (C=N–C) groups is 1. The zero-order valence-electron chi connectivity index (χ0n) is 16.3. The van der Waals surface area contributed by atoms with Crippen LogP contribution < -0.4 is 9.80 Å². The molecule has 1 fully saturated rings. The van der Waals surface area contributed by atoms with E-state index in [1.54, 1.807) is 41.4 Å². The van der Waals surface area contributed by atoms with E-state index in [0.717, 1.165) is 18.5 Å². The number of hydrogen-bond donors (Lipinski definition) is 1. The molecule has 1 saturated heterocycles. The van der Waals surface area contributed by atoms with E-state index in [1.165, 1.54) is 30.8 Å². The second-order valence-electron chi connectivity index (χ2n) is 7.64. The first-order valence-corrected chi connectivity index (χ1v) is 10.6. The number of halogens is 1. The highest BCUT2D eigenvalue weighted by molar-refractivity contribution is 6.32. The lowest BCUT2D eigenvalue weighted by atomic mass is 9.89. The van der Waals surface area contributed by atoms with Crippen LogP contribution >= 0.6 is 11.6 Å². The average molecular weight is 411 g/mol. The standard InChI is InChI=1S/C23H24ClN3O2/c24-17-7-5-8-18(15-17)27-22(28)20-10-2-1-9-19(20)21(23(27)29)16-25-11-6-14-26-12-3-4-13-26/h1-2,5,7-10,15-16,21H,3-4,6,11-14H2/p+1/t21-/m1/s1. The predicted molar refractivity (Wildman–Crippen MR) is 115 cm³/mol. The van der Waals surface area contributed by atoms with Gasteiger partial charge in [-0.2, -0.15) is 0 Å². The average Bonchev–Trinajstić information content (AvgIpc) is 3.24. The summed E-state index contributed by atoms with van der Waals surface area (Å²) in [6, 6.07) is 14.1. The van der Waals surface area contributed by atoms with Crippen LogP contribution in [0.5, 0.6) is 0 Å². The van der Waals surface area contributed by atoms with Gasteiger partial charge in [0.15, 0.2) is 0 Å². The zero-order valence-corrected chi connectivity index (χ0v) is 17.1. The van der Waals surface area contributed by atoms with Crippen molar-refractivity contribution in [2.45, 2.75) is 25.2 Å². The Labute approximate surface area is 176 Å². The van der Waals surface area contributed by atoms with Gasteiger partial charge < -0.3 is 4.90 Å². The first-order valence-electron chi connectivity index (χ1n) is 10.2. The molecule has 4 rings (SSSR count). The molecule has 150 valence electrons. The number of fused-ring (bicyclic) bond motifs is 1. The molecule has 2 amide bonds. The lowest BCUT2D eigenvalue weighted by molar-refractivity contribution is -0.887. The molecule has 5 nitrogen and oxygen atoms in total. The van der Waals surface area contributed by atoms with Crippen molar-refractivity contribution in [2.24, 2.45) is 4.99 Å². The molecule has 0 unspecified atom stereocenters. The summed E-state index contributed by atoms with van der Waals surface area (Å²) in [5.74, 6) is -1.18. The Hall–Kier alpha value is -2.50. The number of carbonyl (C=O) groups is 2. The summed E-state index contributed by atoms with van der Waals surface area (Å²) in [5, 5.41) is 0.483. The molecule has 0 aromatic heterocycles. The van der Waals surface area contributed by atoms with Crippen molar-refractivity contribution in [3.05, 3.63) is 64.7 Å². The Bertz CT molecular complexity index is 937. The van der Waals surface area contributed by atoms with Gasteiger partial charge in [-0.05, 0) is 29.8 Å². The number of nitrogens with zero attached hydrogens (tertiary/aromatic N) is 2. The van der Waals surface area contributed by atoms with Crippen LogP contribution in [0.1, 0.15) is 41.1 Å². The fraction of sp³-hybridized carbons (Fsp3) is 0.348. The fourth-order valence-electron chi connectivity index (χ4n) is 4.18. The monoisotopic (exact) mass is 410 g/mol. The van der Waals surface area contributed by atoms with Crippen molar-refractivity contribution in [1.29, 1.82) is 0 Å². The Morgan fingerprint density at radius 3 is 2.69 bits per heavy atom. The van der Waals surface area contributed by atoms with Crippen molar-refractivity contribution in [1.82, 2.24) is 0 Å².